The number of aryl methyl sites for hydroxylation is 1. The van der Waals surface area contributed by atoms with Gasteiger partial charge in [0.1, 0.15) is 12.4 Å². The molecular formula is C18H22ClNO. The Labute approximate surface area is 131 Å². The molecule has 2 aromatic carbocycles. The third-order valence-electron chi connectivity index (χ3n) is 3.49. The number of nitrogens with two attached hydrogens (primary N) is 1. The second kappa shape index (κ2) is 8.06. The lowest BCUT2D eigenvalue weighted by Gasteiger charge is -2.09. The van der Waals surface area contributed by atoms with Gasteiger partial charge in [-0.2, -0.15) is 0 Å². The van der Waals surface area contributed by atoms with Gasteiger partial charge in [-0.3, -0.25) is 0 Å². The van der Waals surface area contributed by atoms with Crippen LogP contribution in [0.15, 0.2) is 42.5 Å². The summed E-state index contributed by atoms with van der Waals surface area (Å²) in [6.07, 6.45) is 3.57. The van der Waals surface area contributed by atoms with E-state index in [4.69, 9.17) is 22.1 Å². The van der Waals surface area contributed by atoms with Crippen molar-refractivity contribution in [1.82, 2.24) is 0 Å². The molecule has 0 saturated carbocycles. The molecule has 3 heteroatoms. The Hall–Kier alpha value is -1.51. The second-order valence-electron chi connectivity index (χ2n) is 5.17. The molecule has 0 aliphatic rings. The molecular weight excluding hydrogens is 282 g/mol. The lowest BCUT2D eigenvalue weighted by atomic mass is 10.1. The van der Waals surface area contributed by atoms with Crippen LogP contribution in [0, 0.1) is 0 Å². The highest BCUT2D eigenvalue weighted by Gasteiger charge is 2.03. The normalized spacial score (nSPS) is 10.6. The zero-order valence-corrected chi connectivity index (χ0v) is 13.2. The Balaban J connectivity index is 1.93. The number of rotatable bonds is 7. The van der Waals surface area contributed by atoms with E-state index in [1.54, 1.807) is 0 Å². The average Bonchev–Trinajstić information content (AvgIpc) is 2.52. The average molecular weight is 304 g/mol. The molecule has 0 aromatic heterocycles. The van der Waals surface area contributed by atoms with E-state index in [9.17, 15) is 0 Å². The van der Waals surface area contributed by atoms with E-state index < -0.39 is 0 Å². The van der Waals surface area contributed by atoms with Gasteiger partial charge in [-0.1, -0.05) is 49.2 Å². The fourth-order valence-electron chi connectivity index (χ4n) is 2.13. The van der Waals surface area contributed by atoms with Crippen molar-refractivity contribution < 1.29 is 4.74 Å². The van der Waals surface area contributed by atoms with Crippen LogP contribution in [0.1, 0.15) is 36.5 Å². The lowest BCUT2D eigenvalue weighted by Crippen LogP contribution is -2.00. The Kier molecular flexibility index (Phi) is 6.09. The van der Waals surface area contributed by atoms with E-state index in [1.165, 1.54) is 18.4 Å². The third kappa shape index (κ3) is 4.76. The van der Waals surface area contributed by atoms with Crippen molar-refractivity contribution in [2.45, 2.75) is 39.3 Å². The molecule has 0 fully saturated rings. The molecule has 112 valence electrons. The van der Waals surface area contributed by atoms with Gasteiger partial charge in [-0.25, -0.2) is 0 Å². The summed E-state index contributed by atoms with van der Waals surface area (Å²) in [5.74, 6) is 0.870. The lowest BCUT2D eigenvalue weighted by molar-refractivity contribution is 0.306. The topological polar surface area (TPSA) is 35.2 Å². The number of benzene rings is 2. The van der Waals surface area contributed by atoms with E-state index in [0.29, 0.717) is 18.2 Å². The Morgan fingerprint density at radius 1 is 1.05 bits per heavy atom. The molecule has 21 heavy (non-hydrogen) atoms. The Morgan fingerprint density at radius 3 is 2.38 bits per heavy atom. The van der Waals surface area contributed by atoms with E-state index in [1.807, 2.05) is 30.3 Å². The first kappa shape index (κ1) is 15.9. The largest absolute Gasteiger partial charge is 0.489 e. The van der Waals surface area contributed by atoms with E-state index >= 15 is 0 Å². The summed E-state index contributed by atoms with van der Waals surface area (Å²) in [7, 11) is 0. The zero-order chi connectivity index (χ0) is 15.1. The fraction of sp³-hybridized carbons (Fsp3) is 0.333. The molecule has 0 aliphatic heterocycles. The maximum atomic E-state index is 6.22. The van der Waals surface area contributed by atoms with Crippen LogP contribution in [-0.2, 0) is 19.6 Å². The molecule has 2 rings (SSSR count). The minimum absolute atomic E-state index is 0.470. The molecule has 0 spiro atoms. The van der Waals surface area contributed by atoms with Crippen LogP contribution in [0.3, 0.4) is 0 Å². The van der Waals surface area contributed by atoms with Gasteiger partial charge in [0.25, 0.3) is 0 Å². The molecule has 2 aromatic rings. The summed E-state index contributed by atoms with van der Waals surface area (Å²) in [5, 5.41) is 0.706. The number of hydrogen-bond donors (Lipinski definition) is 1. The molecule has 0 amide bonds. The van der Waals surface area contributed by atoms with Crippen LogP contribution in [0.4, 0.5) is 0 Å². The van der Waals surface area contributed by atoms with E-state index in [2.05, 4.69) is 19.1 Å². The van der Waals surface area contributed by atoms with E-state index in [-0.39, 0.29) is 0 Å². The predicted molar refractivity (Wildman–Crippen MR) is 88.7 cm³/mol. The highest BCUT2D eigenvalue weighted by atomic mass is 35.5. The van der Waals surface area contributed by atoms with Gasteiger partial charge in [-0.15, -0.1) is 0 Å². The first-order chi connectivity index (χ1) is 10.2. The number of ether oxygens (including phenoxy) is 1. The molecule has 2 nitrogen and oxygen atoms in total. The molecule has 0 unspecified atom stereocenters. The van der Waals surface area contributed by atoms with Gasteiger partial charge < -0.3 is 10.5 Å². The smallest absolute Gasteiger partial charge is 0.119 e. The number of unbranched alkanes of at least 4 members (excludes halogenated alkanes) is 1. The second-order valence-corrected chi connectivity index (χ2v) is 5.57. The van der Waals surface area contributed by atoms with Crippen LogP contribution in [0.2, 0.25) is 5.02 Å². The van der Waals surface area contributed by atoms with Crippen molar-refractivity contribution in [1.29, 1.82) is 0 Å². The maximum absolute atomic E-state index is 6.22. The maximum Gasteiger partial charge on any atom is 0.119 e. The van der Waals surface area contributed by atoms with Gasteiger partial charge in [0.2, 0.25) is 0 Å². The summed E-state index contributed by atoms with van der Waals surface area (Å²) in [6.45, 7) is 3.18. The number of halogens is 1. The summed E-state index contributed by atoms with van der Waals surface area (Å²) >= 11 is 6.22. The van der Waals surface area contributed by atoms with Crippen molar-refractivity contribution >= 4 is 11.6 Å². The minimum atomic E-state index is 0.470. The number of hydrogen-bond acceptors (Lipinski definition) is 2. The molecule has 0 saturated heterocycles. The van der Waals surface area contributed by atoms with Gasteiger partial charge >= 0.3 is 0 Å². The van der Waals surface area contributed by atoms with Crippen molar-refractivity contribution in [3.63, 3.8) is 0 Å². The highest BCUT2D eigenvalue weighted by Crippen LogP contribution is 2.21. The molecule has 0 atom stereocenters. The fourth-order valence-corrected chi connectivity index (χ4v) is 2.39. The van der Waals surface area contributed by atoms with Crippen molar-refractivity contribution in [3.8, 4) is 5.75 Å². The molecule has 0 heterocycles. The zero-order valence-electron chi connectivity index (χ0n) is 12.4. The van der Waals surface area contributed by atoms with Crippen molar-refractivity contribution in [2.24, 2.45) is 5.73 Å². The SMILES string of the molecule is CCCCc1ccc(OCc2ccc(CN)cc2Cl)cc1. The summed E-state index contributed by atoms with van der Waals surface area (Å²) in [4.78, 5) is 0. The van der Waals surface area contributed by atoms with Crippen molar-refractivity contribution in [3.05, 3.63) is 64.2 Å². The summed E-state index contributed by atoms with van der Waals surface area (Å²) < 4.78 is 5.79. The van der Waals surface area contributed by atoms with Gasteiger partial charge in [0, 0.05) is 17.1 Å². The van der Waals surface area contributed by atoms with Gasteiger partial charge in [-0.05, 0) is 42.2 Å². The van der Waals surface area contributed by atoms with Crippen LogP contribution < -0.4 is 10.5 Å². The molecule has 0 bridgehead atoms. The first-order valence-electron chi connectivity index (χ1n) is 7.42. The van der Waals surface area contributed by atoms with Crippen LogP contribution in [-0.4, -0.2) is 0 Å². The molecule has 0 aliphatic carbocycles. The highest BCUT2D eigenvalue weighted by molar-refractivity contribution is 6.31. The monoisotopic (exact) mass is 303 g/mol. The van der Waals surface area contributed by atoms with Crippen LogP contribution in [0.5, 0.6) is 5.75 Å². The van der Waals surface area contributed by atoms with Crippen LogP contribution in [0.25, 0.3) is 0 Å². The van der Waals surface area contributed by atoms with Gasteiger partial charge in [0.05, 0.1) is 0 Å². The predicted octanol–water partition coefficient (Wildman–Crippen LogP) is 4.72. The molecule has 2 N–H and O–H groups in total. The molecule has 0 radical (unpaired) electrons. The van der Waals surface area contributed by atoms with E-state index in [0.717, 1.165) is 23.3 Å². The third-order valence-corrected chi connectivity index (χ3v) is 3.84. The summed E-state index contributed by atoms with van der Waals surface area (Å²) in [5.41, 5.74) is 8.96. The van der Waals surface area contributed by atoms with Crippen molar-refractivity contribution in [2.75, 3.05) is 0 Å². The first-order valence-corrected chi connectivity index (χ1v) is 7.80. The minimum Gasteiger partial charge on any atom is -0.489 e. The van der Waals surface area contributed by atoms with Gasteiger partial charge in [0.15, 0.2) is 0 Å². The standard InChI is InChI=1S/C18H22ClNO/c1-2-3-4-14-6-9-17(10-7-14)21-13-16-8-5-15(12-20)11-18(16)19/h5-11H,2-4,12-13,20H2,1H3. The summed E-state index contributed by atoms with van der Waals surface area (Å²) in [6, 6.07) is 14.2. The Bertz CT molecular complexity index is 566. The quantitative estimate of drug-likeness (QED) is 0.803. The Morgan fingerprint density at radius 2 is 1.76 bits per heavy atom. The van der Waals surface area contributed by atoms with Crippen LogP contribution >= 0.6 is 11.6 Å².